The predicted octanol–water partition coefficient (Wildman–Crippen LogP) is 2.88. The number of aromatic carboxylic acids is 1. The van der Waals surface area contributed by atoms with Gasteiger partial charge in [0.2, 0.25) is 0 Å². The lowest BCUT2D eigenvalue weighted by molar-refractivity contribution is 0.0694. The lowest BCUT2D eigenvalue weighted by atomic mass is 10.0. The first-order valence-electron chi connectivity index (χ1n) is 9.58. The molecule has 2 fully saturated rings. The summed E-state index contributed by atoms with van der Waals surface area (Å²) in [4.78, 5) is 26.0. The SMILES string of the molecule is Cc1c(N2CC[C@H](NCCF)C2)c(F)cn2c(=O)c(C(=O)O)cc(C3CC3)c12.Cl. The number of fused-ring (bicyclic) bond motifs is 1. The van der Waals surface area contributed by atoms with Crippen molar-refractivity contribution in [3.05, 3.63) is 45.1 Å². The fraction of sp³-hybridized carbons (Fsp3) is 0.500. The summed E-state index contributed by atoms with van der Waals surface area (Å²) in [6.45, 7) is 2.80. The maximum Gasteiger partial charge on any atom is 0.341 e. The molecule has 2 aliphatic rings. The van der Waals surface area contributed by atoms with E-state index in [0.29, 0.717) is 29.9 Å². The van der Waals surface area contributed by atoms with Gasteiger partial charge in [-0.2, -0.15) is 0 Å². The van der Waals surface area contributed by atoms with E-state index < -0.39 is 24.0 Å². The van der Waals surface area contributed by atoms with Gasteiger partial charge in [0, 0.05) is 25.7 Å². The van der Waals surface area contributed by atoms with E-state index in [1.165, 1.54) is 6.07 Å². The van der Waals surface area contributed by atoms with Gasteiger partial charge in [-0.3, -0.25) is 9.20 Å². The van der Waals surface area contributed by atoms with Crippen molar-refractivity contribution in [1.29, 1.82) is 0 Å². The Bertz CT molecular complexity index is 1010. The average Bonchev–Trinajstić information content (AvgIpc) is 3.39. The van der Waals surface area contributed by atoms with Crippen molar-refractivity contribution < 1.29 is 18.7 Å². The minimum atomic E-state index is -1.30. The predicted molar refractivity (Wildman–Crippen MR) is 109 cm³/mol. The molecule has 0 amide bonds. The van der Waals surface area contributed by atoms with Crippen LogP contribution in [0.3, 0.4) is 0 Å². The summed E-state index contributed by atoms with van der Waals surface area (Å²) in [6, 6.07) is 1.55. The Labute approximate surface area is 172 Å². The van der Waals surface area contributed by atoms with Crippen LogP contribution in [0.4, 0.5) is 14.5 Å². The molecule has 0 radical (unpaired) electrons. The minimum absolute atomic E-state index is 0. The molecule has 9 heteroatoms. The third-order valence-electron chi connectivity index (χ3n) is 5.72. The van der Waals surface area contributed by atoms with Crippen LogP contribution in [0.25, 0.3) is 5.52 Å². The fourth-order valence-electron chi connectivity index (χ4n) is 4.28. The molecule has 158 valence electrons. The van der Waals surface area contributed by atoms with Gasteiger partial charge in [-0.25, -0.2) is 13.6 Å². The zero-order chi connectivity index (χ0) is 20.0. The lowest BCUT2D eigenvalue weighted by Gasteiger charge is -2.24. The van der Waals surface area contributed by atoms with Gasteiger partial charge >= 0.3 is 5.97 Å². The second kappa shape index (κ2) is 8.28. The molecule has 1 atom stereocenters. The Morgan fingerprint density at radius 3 is 2.69 bits per heavy atom. The molecule has 1 aliphatic heterocycles. The Kier molecular flexibility index (Phi) is 6.14. The van der Waals surface area contributed by atoms with Crippen molar-refractivity contribution in [1.82, 2.24) is 9.72 Å². The van der Waals surface area contributed by atoms with Crippen LogP contribution in [0.1, 0.15) is 46.7 Å². The molecule has 0 spiro atoms. The molecule has 6 nitrogen and oxygen atoms in total. The summed E-state index contributed by atoms with van der Waals surface area (Å²) in [5.41, 5.74) is 1.43. The van der Waals surface area contributed by atoms with Gasteiger partial charge in [-0.05, 0) is 49.3 Å². The highest BCUT2D eigenvalue weighted by molar-refractivity contribution is 5.89. The molecule has 3 heterocycles. The van der Waals surface area contributed by atoms with Gasteiger partial charge in [-0.15, -0.1) is 12.4 Å². The topological polar surface area (TPSA) is 74.0 Å². The molecule has 1 saturated carbocycles. The summed E-state index contributed by atoms with van der Waals surface area (Å²) in [7, 11) is 0. The molecule has 4 rings (SSSR count). The Morgan fingerprint density at radius 1 is 1.34 bits per heavy atom. The van der Waals surface area contributed by atoms with Gasteiger partial charge in [0.05, 0.1) is 17.4 Å². The van der Waals surface area contributed by atoms with E-state index in [9.17, 15) is 19.1 Å². The smallest absolute Gasteiger partial charge is 0.341 e. The summed E-state index contributed by atoms with van der Waals surface area (Å²) in [6.07, 6.45) is 3.75. The van der Waals surface area contributed by atoms with E-state index >= 15 is 4.39 Å². The number of carboxylic acid groups (broad SMARTS) is 1. The first-order chi connectivity index (χ1) is 13.4. The summed E-state index contributed by atoms with van der Waals surface area (Å²) in [5, 5.41) is 12.5. The number of aryl methyl sites for hydroxylation is 1. The van der Waals surface area contributed by atoms with Crippen molar-refractivity contribution in [3.63, 3.8) is 0 Å². The van der Waals surface area contributed by atoms with Gasteiger partial charge < -0.3 is 15.3 Å². The zero-order valence-corrected chi connectivity index (χ0v) is 16.9. The molecule has 29 heavy (non-hydrogen) atoms. The first-order valence-corrected chi connectivity index (χ1v) is 9.58. The number of alkyl halides is 1. The van der Waals surface area contributed by atoms with Crippen LogP contribution in [-0.2, 0) is 0 Å². The van der Waals surface area contributed by atoms with Crippen molar-refractivity contribution in [3.8, 4) is 0 Å². The highest BCUT2D eigenvalue weighted by Crippen LogP contribution is 2.44. The number of halogens is 3. The largest absolute Gasteiger partial charge is 0.477 e. The van der Waals surface area contributed by atoms with E-state index in [0.717, 1.165) is 35.4 Å². The number of rotatable bonds is 6. The van der Waals surface area contributed by atoms with Crippen LogP contribution in [0.5, 0.6) is 0 Å². The van der Waals surface area contributed by atoms with Crippen LogP contribution in [-0.4, -0.2) is 47.8 Å². The molecule has 0 bridgehead atoms. The lowest BCUT2D eigenvalue weighted by Crippen LogP contribution is -2.34. The number of hydrogen-bond donors (Lipinski definition) is 2. The van der Waals surface area contributed by atoms with Crippen molar-refractivity contribution >= 4 is 29.6 Å². The number of pyridine rings is 2. The van der Waals surface area contributed by atoms with E-state index in [4.69, 9.17) is 0 Å². The second-order valence-corrected chi connectivity index (χ2v) is 7.64. The standard InChI is InChI=1S/C20H23F2N3O3.ClH/c1-11-17-14(12-2-3-12)8-15(20(27)28)19(26)25(17)10-16(22)18(11)24-7-4-13(9-24)23-6-5-21;/h8,10,12-13,23H,2-7,9H2,1H3,(H,27,28);1H/t13-;/m0./s1. The molecular formula is C20H24ClF2N3O3. The summed E-state index contributed by atoms with van der Waals surface area (Å²) >= 11 is 0. The number of nitrogens with one attached hydrogen (secondary N) is 1. The summed E-state index contributed by atoms with van der Waals surface area (Å²) < 4.78 is 28.6. The quantitative estimate of drug-likeness (QED) is 0.741. The third-order valence-corrected chi connectivity index (χ3v) is 5.72. The molecule has 2 aromatic rings. The average molecular weight is 428 g/mol. The first kappa shape index (κ1) is 21.5. The fourth-order valence-corrected chi connectivity index (χ4v) is 4.28. The number of hydrogen-bond acceptors (Lipinski definition) is 4. The van der Waals surface area contributed by atoms with Gasteiger partial charge in [0.15, 0.2) is 5.82 Å². The molecule has 2 aromatic heterocycles. The van der Waals surface area contributed by atoms with E-state index in [2.05, 4.69) is 5.32 Å². The number of carbonyl (C=O) groups is 1. The summed E-state index contributed by atoms with van der Waals surface area (Å²) in [5.74, 6) is -1.66. The van der Waals surface area contributed by atoms with Crippen LogP contribution in [0, 0.1) is 12.7 Å². The Morgan fingerprint density at radius 2 is 2.07 bits per heavy atom. The number of carboxylic acids is 1. The highest BCUT2D eigenvalue weighted by Gasteiger charge is 2.32. The highest BCUT2D eigenvalue weighted by atomic mass is 35.5. The minimum Gasteiger partial charge on any atom is -0.477 e. The van der Waals surface area contributed by atoms with Gasteiger partial charge in [0.25, 0.3) is 5.56 Å². The van der Waals surface area contributed by atoms with E-state index in [1.807, 2.05) is 4.90 Å². The second-order valence-electron chi connectivity index (χ2n) is 7.64. The van der Waals surface area contributed by atoms with Gasteiger partial charge in [-0.1, -0.05) is 0 Å². The maximum absolute atomic E-state index is 15.0. The third kappa shape index (κ3) is 3.83. The Hall–Kier alpha value is -2.19. The maximum atomic E-state index is 15.0. The van der Waals surface area contributed by atoms with Crippen molar-refractivity contribution in [2.24, 2.45) is 0 Å². The molecule has 0 aromatic carbocycles. The van der Waals surface area contributed by atoms with Crippen LogP contribution in [0.15, 0.2) is 17.1 Å². The molecule has 2 N–H and O–H groups in total. The molecule has 0 unspecified atom stereocenters. The monoisotopic (exact) mass is 427 g/mol. The van der Waals surface area contributed by atoms with Crippen molar-refractivity contribution in [2.45, 2.75) is 38.1 Å². The van der Waals surface area contributed by atoms with Crippen molar-refractivity contribution in [2.75, 3.05) is 31.2 Å². The van der Waals surface area contributed by atoms with Crippen LogP contribution < -0.4 is 15.8 Å². The van der Waals surface area contributed by atoms with Gasteiger partial charge in [0.1, 0.15) is 12.2 Å². The number of aromatic nitrogens is 1. The normalized spacial score (nSPS) is 18.9. The number of anilines is 1. The molecule has 1 aliphatic carbocycles. The van der Waals surface area contributed by atoms with E-state index in [1.54, 1.807) is 6.92 Å². The van der Waals surface area contributed by atoms with Crippen LogP contribution >= 0.6 is 12.4 Å². The van der Waals surface area contributed by atoms with Crippen LogP contribution in [0.2, 0.25) is 0 Å². The Balaban J connectivity index is 0.00000240. The molecule has 1 saturated heterocycles. The number of nitrogens with zero attached hydrogens (tertiary/aromatic N) is 2. The van der Waals surface area contributed by atoms with E-state index in [-0.39, 0.29) is 36.5 Å². The zero-order valence-electron chi connectivity index (χ0n) is 16.1. The molecular weight excluding hydrogens is 404 g/mol.